The van der Waals surface area contributed by atoms with Crippen molar-refractivity contribution >= 4 is 11.4 Å². The molecule has 0 N–H and O–H groups in total. The second-order valence-electron chi connectivity index (χ2n) is 22.9. The van der Waals surface area contributed by atoms with Crippen molar-refractivity contribution in [3.63, 3.8) is 0 Å². The van der Waals surface area contributed by atoms with E-state index in [4.69, 9.17) is 0 Å². The van der Waals surface area contributed by atoms with Gasteiger partial charge in [-0.1, -0.05) is 284 Å². The summed E-state index contributed by atoms with van der Waals surface area (Å²) >= 11 is 0. The van der Waals surface area contributed by atoms with E-state index >= 15 is 0 Å². The molecule has 0 amide bonds. The highest BCUT2D eigenvalue weighted by molar-refractivity contribution is 5.84. The van der Waals surface area contributed by atoms with Crippen molar-refractivity contribution in [2.45, 2.75) is 337 Å². The summed E-state index contributed by atoms with van der Waals surface area (Å²) in [5.74, 6) is 0. The maximum absolute atomic E-state index is 12.9. The number of nitrogens with zero attached hydrogens (tertiary/aromatic N) is 2. The van der Waals surface area contributed by atoms with Gasteiger partial charge in [-0.15, -0.1) is 0 Å². The molecule has 3 rings (SSSR count). The van der Waals surface area contributed by atoms with Gasteiger partial charge in [0.2, 0.25) is 11.4 Å². The average molecular weight is 988 g/mol. The standard InChI is InChI=1S/C70H118N2/c1-7-13-19-22-23-24-25-26-27-28-29-30-31-32-33-34-35-36-37-38-39-40-41-42-43-48-54-68-67(53-18-12-6)69(65-57-61(49-44-16-10-4)55-62(58-65)50-45-17-11-5)72(71)70(68)66-59-63(51-46-20-14-8-2)56-64(60-66)52-47-21-15-9-3/h48,54-60H,7-47,49-53H2,1-6H3. The molecule has 0 unspecified atom stereocenters. The molecule has 2 heteroatoms. The van der Waals surface area contributed by atoms with Gasteiger partial charge in [-0.05, 0) is 124 Å². The van der Waals surface area contributed by atoms with Crippen LogP contribution in [0.3, 0.4) is 0 Å². The van der Waals surface area contributed by atoms with E-state index in [2.05, 4.69) is 90.1 Å². The summed E-state index contributed by atoms with van der Waals surface area (Å²) in [6.45, 7) is 13.9. The highest BCUT2D eigenvalue weighted by atomic mass is 15.2. The Morgan fingerprint density at radius 2 is 0.583 bits per heavy atom. The zero-order valence-electron chi connectivity index (χ0n) is 49.0. The Bertz CT molecular complexity index is 1700. The van der Waals surface area contributed by atoms with Crippen LogP contribution in [0, 0.1) is 0 Å². The number of benzene rings is 2. The molecule has 408 valence electrons. The predicted octanol–water partition coefficient (Wildman–Crippen LogP) is 24.1. The summed E-state index contributed by atoms with van der Waals surface area (Å²) in [6, 6.07) is 14.8. The van der Waals surface area contributed by atoms with E-state index in [0.717, 1.165) is 62.8 Å². The summed E-state index contributed by atoms with van der Waals surface area (Å²) in [5, 5.41) is 0. The zero-order valence-corrected chi connectivity index (χ0v) is 49.0. The minimum atomic E-state index is 0.983. The Kier molecular flexibility index (Phi) is 38.4. The van der Waals surface area contributed by atoms with Crippen molar-refractivity contribution in [1.82, 2.24) is 0 Å². The van der Waals surface area contributed by atoms with Gasteiger partial charge in [0.15, 0.2) is 0 Å². The Morgan fingerprint density at radius 3 is 0.931 bits per heavy atom. The molecule has 72 heavy (non-hydrogen) atoms. The molecule has 0 saturated carbocycles. The number of hydrogen-bond acceptors (Lipinski definition) is 0. The van der Waals surface area contributed by atoms with Crippen LogP contribution in [0.4, 0.5) is 0 Å². The number of aryl methyl sites for hydroxylation is 4. The van der Waals surface area contributed by atoms with Gasteiger partial charge < -0.3 is 5.53 Å². The molecule has 1 heterocycles. The van der Waals surface area contributed by atoms with Crippen LogP contribution in [-0.2, 0) is 25.7 Å². The number of allylic oxidation sites excluding steroid dienone is 4. The lowest BCUT2D eigenvalue weighted by Crippen LogP contribution is -2.05. The van der Waals surface area contributed by atoms with E-state index in [1.54, 1.807) is 4.70 Å². The van der Waals surface area contributed by atoms with Gasteiger partial charge in [-0.25, -0.2) is 4.70 Å². The third-order valence-corrected chi connectivity index (χ3v) is 16.0. The lowest BCUT2D eigenvalue weighted by atomic mass is 9.91. The molecular weight excluding hydrogens is 869 g/mol. The molecule has 2 aromatic carbocycles. The van der Waals surface area contributed by atoms with Crippen LogP contribution >= 0.6 is 0 Å². The van der Waals surface area contributed by atoms with E-state index in [-0.39, 0.29) is 0 Å². The molecule has 0 bridgehead atoms. The van der Waals surface area contributed by atoms with Crippen molar-refractivity contribution in [3.8, 4) is 0 Å². The summed E-state index contributed by atoms with van der Waals surface area (Å²) in [7, 11) is 0. The van der Waals surface area contributed by atoms with E-state index < -0.39 is 0 Å². The fourth-order valence-electron chi connectivity index (χ4n) is 11.5. The Hall–Kier alpha value is -2.74. The molecule has 2 aromatic rings. The third-order valence-electron chi connectivity index (χ3n) is 16.0. The fourth-order valence-corrected chi connectivity index (χ4v) is 11.5. The SMILES string of the molecule is CCCCCCCCCCCCCCCCCCCCCCCCCCC=CC1=C(c2cc(CCCCCC)cc(CCCCCC)c2)[N+](=[N-])C(c2cc(CCCCC)cc(CCCCC)c2)=C1CCCC. The summed E-state index contributed by atoms with van der Waals surface area (Å²) in [5.41, 5.74) is 25.7. The maximum Gasteiger partial charge on any atom is 0.215 e. The van der Waals surface area contributed by atoms with E-state index in [1.165, 1.54) is 289 Å². The molecule has 1 aliphatic rings. The second kappa shape index (κ2) is 43.5. The largest absolute Gasteiger partial charge is 0.493 e. The first-order valence-corrected chi connectivity index (χ1v) is 32.4. The monoisotopic (exact) mass is 987 g/mol. The molecule has 0 aliphatic carbocycles. The van der Waals surface area contributed by atoms with Crippen LogP contribution in [0.5, 0.6) is 0 Å². The molecule has 0 radical (unpaired) electrons. The highest BCUT2D eigenvalue weighted by Gasteiger charge is 2.35. The minimum Gasteiger partial charge on any atom is -0.493 e. The fraction of sp³-hybridized carbons (Fsp3) is 0.743. The van der Waals surface area contributed by atoms with Gasteiger partial charge in [0.1, 0.15) is 0 Å². The predicted molar refractivity (Wildman–Crippen MR) is 322 cm³/mol. The molecule has 0 spiro atoms. The summed E-state index contributed by atoms with van der Waals surface area (Å²) in [4.78, 5) is 0. The Morgan fingerprint density at radius 1 is 0.306 bits per heavy atom. The zero-order chi connectivity index (χ0) is 51.5. The van der Waals surface area contributed by atoms with Gasteiger partial charge in [-0.3, -0.25) is 0 Å². The molecule has 0 saturated heterocycles. The van der Waals surface area contributed by atoms with Crippen molar-refractivity contribution < 1.29 is 4.70 Å². The second-order valence-corrected chi connectivity index (χ2v) is 22.9. The molecule has 0 atom stereocenters. The molecule has 0 fully saturated rings. The van der Waals surface area contributed by atoms with Crippen molar-refractivity contribution in [1.29, 1.82) is 0 Å². The molecule has 0 aromatic heterocycles. The summed E-state index contributed by atoms with van der Waals surface area (Å²) in [6.07, 6.45) is 65.6. The van der Waals surface area contributed by atoms with Gasteiger partial charge in [-0.2, -0.15) is 0 Å². The van der Waals surface area contributed by atoms with Crippen LogP contribution in [0.15, 0.2) is 59.7 Å². The van der Waals surface area contributed by atoms with Crippen LogP contribution < -0.4 is 0 Å². The normalized spacial score (nSPS) is 13.1. The number of hydrogen-bond donors (Lipinski definition) is 0. The van der Waals surface area contributed by atoms with Gasteiger partial charge in [0.25, 0.3) is 0 Å². The van der Waals surface area contributed by atoms with Gasteiger partial charge in [0, 0.05) is 16.7 Å². The van der Waals surface area contributed by atoms with Crippen molar-refractivity contribution in [2.24, 2.45) is 0 Å². The minimum absolute atomic E-state index is 0.983. The van der Waals surface area contributed by atoms with E-state index in [0.29, 0.717) is 0 Å². The van der Waals surface area contributed by atoms with Gasteiger partial charge >= 0.3 is 0 Å². The summed E-state index contributed by atoms with van der Waals surface area (Å²) < 4.78 is 1.67. The molecular formula is C70H118N2. The van der Waals surface area contributed by atoms with Crippen molar-refractivity contribution in [2.75, 3.05) is 0 Å². The van der Waals surface area contributed by atoms with Crippen LogP contribution in [0.2, 0.25) is 0 Å². The Labute approximate surface area is 449 Å². The highest BCUT2D eigenvalue weighted by Crippen LogP contribution is 2.44. The number of rotatable bonds is 49. The quantitative estimate of drug-likeness (QED) is 0.0466. The lowest BCUT2D eigenvalue weighted by Gasteiger charge is -2.15. The van der Waals surface area contributed by atoms with Crippen LogP contribution in [0.1, 0.15) is 345 Å². The maximum atomic E-state index is 12.9. The van der Waals surface area contributed by atoms with E-state index in [1.807, 2.05) is 0 Å². The van der Waals surface area contributed by atoms with Crippen LogP contribution in [0.25, 0.3) is 16.9 Å². The van der Waals surface area contributed by atoms with E-state index in [9.17, 15) is 5.53 Å². The van der Waals surface area contributed by atoms with Crippen molar-refractivity contribution in [3.05, 3.63) is 98.6 Å². The first-order chi connectivity index (χ1) is 35.5. The first-order valence-electron chi connectivity index (χ1n) is 32.4. The smallest absolute Gasteiger partial charge is 0.215 e. The molecule has 2 nitrogen and oxygen atoms in total. The van der Waals surface area contributed by atoms with Crippen LogP contribution in [-0.4, -0.2) is 4.70 Å². The molecule has 1 aliphatic heterocycles. The first kappa shape index (κ1) is 63.6. The Balaban J connectivity index is 1.65. The topological polar surface area (TPSA) is 25.3 Å². The lowest BCUT2D eigenvalue weighted by molar-refractivity contribution is -0.345. The number of unbranched alkanes of at least 4 members (excludes halogenated alkanes) is 35. The average Bonchev–Trinajstić information content (AvgIpc) is 3.66. The third kappa shape index (κ3) is 27.7. The van der Waals surface area contributed by atoms with Gasteiger partial charge in [0.05, 0.1) is 5.57 Å².